The van der Waals surface area contributed by atoms with E-state index in [2.05, 4.69) is 42.3 Å². The summed E-state index contributed by atoms with van der Waals surface area (Å²) in [4.78, 5) is 2.14. The lowest BCUT2D eigenvalue weighted by Gasteiger charge is -2.16. The predicted octanol–water partition coefficient (Wildman–Crippen LogP) is 2.26. The molecule has 0 unspecified atom stereocenters. The Balaban J connectivity index is 2.51. The van der Waals surface area contributed by atoms with Crippen LogP contribution in [0.2, 0.25) is 0 Å². The molecule has 3 heteroatoms. The van der Waals surface area contributed by atoms with Crippen LogP contribution in [0.15, 0.2) is 30.3 Å². The third-order valence-corrected chi connectivity index (χ3v) is 2.45. The van der Waals surface area contributed by atoms with Gasteiger partial charge in [0.2, 0.25) is 0 Å². The summed E-state index contributed by atoms with van der Waals surface area (Å²) in [6, 6.07) is 10.3. The Hall–Kier alpha value is -0.120. The van der Waals surface area contributed by atoms with Crippen LogP contribution < -0.4 is 0 Å². The zero-order valence-electron chi connectivity index (χ0n) is 6.85. The molecule has 0 saturated heterocycles. The summed E-state index contributed by atoms with van der Waals surface area (Å²) < 4.78 is 0. The van der Waals surface area contributed by atoms with Gasteiger partial charge in [-0.05, 0) is 5.56 Å². The molecule has 0 aliphatic heterocycles. The molecule has 0 fully saturated rings. The number of benzene rings is 1. The molecule has 1 nitrogen and oxygen atoms in total. The second kappa shape index (κ2) is 5.51. The maximum Gasteiger partial charge on any atom is 0.0425 e. The highest BCUT2D eigenvalue weighted by Gasteiger charge is 1.99. The number of hydrogen-bond donors (Lipinski definition) is 2. The molecule has 0 aliphatic carbocycles. The topological polar surface area (TPSA) is 3.24 Å². The molecule has 0 amide bonds. The minimum absolute atomic E-state index is 0.748. The lowest BCUT2D eigenvalue weighted by molar-refractivity contribution is 0.373. The van der Waals surface area contributed by atoms with Gasteiger partial charge in [0.1, 0.15) is 0 Å². The zero-order chi connectivity index (χ0) is 8.81. The van der Waals surface area contributed by atoms with Gasteiger partial charge >= 0.3 is 0 Å². The average molecular weight is 199 g/mol. The molecule has 1 rings (SSSR count). The quantitative estimate of drug-likeness (QED) is 0.556. The van der Waals surface area contributed by atoms with E-state index in [1.165, 1.54) is 5.56 Å². The van der Waals surface area contributed by atoms with Gasteiger partial charge in [-0.15, -0.1) is 0 Å². The molecule has 0 saturated carbocycles. The van der Waals surface area contributed by atoms with Gasteiger partial charge in [0.05, 0.1) is 0 Å². The van der Waals surface area contributed by atoms with E-state index < -0.39 is 0 Å². The molecule has 1 aromatic carbocycles. The van der Waals surface area contributed by atoms with Crippen molar-refractivity contribution in [1.82, 2.24) is 4.90 Å². The first-order valence-corrected chi connectivity index (χ1v) is 5.11. The van der Waals surface area contributed by atoms with Crippen LogP contribution >= 0.6 is 25.3 Å². The number of rotatable bonds is 4. The third kappa shape index (κ3) is 3.09. The molecule has 12 heavy (non-hydrogen) atoms. The molecular weight excluding hydrogens is 186 g/mol. The van der Waals surface area contributed by atoms with Crippen molar-refractivity contribution in [2.24, 2.45) is 0 Å². The van der Waals surface area contributed by atoms with Crippen molar-refractivity contribution < 1.29 is 0 Å². The Morgan fingerprint density at radius 2 is 1.58 bits per heavy atom. The van der Waals surface area contributed by atoms with Crippen LogP contribution in [0.5, 0.6) is 0 Å². The normalized spacial score (nSPS) is 10.6. The van der Waals surface area contributed by atoms with Crippen molar-refractivity contribution >= 4 is 25.3 Å². The van der Waals surface area contributed by atoms with Gasteiger partial charge in [0, 0.05) is 18.3 Å². The second-order valence-corrected chi connectivity index (χ2v) is 3.16. The fourth-order valence-electron chi connectivity index (χ4n) is 0.986. The van der Waals surface area contributed by atoms with E-state index in [0.717, 1.165) is 18.3 Å². The summed E-state index contributed by atoms with van der Waals surface area (Å²) in [5.74, 6) is 1.50. The van der Waals surface area contributed by atoms with Crippen LogP contribution in [0.4, 0.5) is 0 Å². The average Bonchev–Trinajstić information content (AvgIpc) is 2.16. The number of thiol groups is 2. The van der Waals surface area contributed by atoms with Crippen LogP contribution in [-0.4, -0.2) is 16.7 Å². The van der Waals surface area contributed by atoms with Crippen LogP contribution in [0.25, 0.3) is 0 Å². The van der Waals surface area contributed by atoms with E-state index >= 15 is 0 Å². The number of nitrogens with zero attached hydrogens (tertiary/aromatic N) is 1. The molecule has 0 radical (unpaired) electrons. The summed E-state index contributed by atoms with van der Waals surface area (Å²) in [6.07, 6.45) is 0. The van der Waals surface area contributed by atoms with Crippen LogP contribution in [0.1, 0.15) is 5.56 Å². The lowest BCUT2D eigenvalue weighted by atomic mass is 10.2. The second-order valence-electron chi connectivity index (χ2n) is 2.60. The van der Waals surface area contributed by atoms with Gasteiger partial charge in [-0.1, -0.05) is 30.3 Å². The van der Waals surface area contributed by atoms with Crippen molar-refractivity contribution in [2.75, 3.05) is 11.8 Å². The Morgan fingerprint density at radius 3 is 2.08 bits per heavy atom. The fraction of sp³-hybridized carbons (Fsp3) is 0.333. The highest BCUT2D eigenvalue weighted by molar-refractivity contribution is 7.81. The van der Waals surface area contributed by atoms with Crippen molar-refractivity contribution in [3.8, 4) is 0 Å². The van der Waals surface area contributed by atoms with Gasteiger partial charge in [-0.25, -0.2) is 0 Å². The Kier molecular flexibility index (Phi) is 4.58. The molecule has 0 N–H and O–H groups in total. The van der Waals surface area contributed by atoms with Crippen molar-refractivity contribution in [1.29, 1.82) is 0 Å². The summed E-state index contributed by atoms with van der Waals surface area (Å²) in [7, 11) is 0. The summed E-state index contributed by atoms with van der Waals surface area (Å²) >= 11 is 8.41. The van der Waals surface area contributed by atoms with E-state index in [4.69, 9.17) is 0 Å². The Morgan fingerprint density at radius 1 is 1.00 bits per heavy atom. The maximum absolute atomic E-state index is 4.20. The standard InChI is InChI=1S/C9H13NS2/c11-7-10(8-12)6-9-4-2-1-3-5-9/h1-5,11-12H,6-8H2. The monoisotopic (exact) mass is 199 g/mol. The molecule has 0 spiro atoms. The molecular formula is C9H13NS2. The highest BCUT2D eigenvalue weighted by Crippen LogP contribution is 2.05. The summed E-state index contributed by atoms with van der Waals surface area (Å²) in [5.41, 5.74) is 1.31. The minimum Gasteiger partial charge on any atom is -0.281 e. The van der Waals surface area contributed by atoms with Gasteiger partial charge < -0.3 is 0 Å². The summed E-state index contributed by atoms with van der Waals surface area (Å²) in [6.45, 7) is 0.924. The van der Waals surface area contributed by atoms with E-state index in [1.54, 1.807) is 0 Å². The molecule has 0 aliphatic rings. The SMILES string of the molecule is SCN(CS)Cc1ccccc1. The molecule has 0 heterocycles. The van der Waals surface area contributed by atoms with Gasteiger partial charge in [0.15, 0.2) is 0 Å². The Labute approximate surface area is 84.6 Å². The van der Waals surface area contributed by atoms with Gasteiger partial charge in [-0.2, -0.15) is 25.3 Å². The fourth-order valence-corrected chi connectivity index (χ4v) is 1.54. The van der Waals surface area contributed by atoms with E-state index in [0.29, 0.717) is 0 Å². The Bertz CT molecular complexity index is 209. The molecule has 1 aromatic rings. The predicted molar refractivity (Wildman–Crippen MR) is 59.7 cm³/mol. The first-order valence-electron chi connectivity index (χ1n) is 3.85. The van der Waals surface area contributed by atoms with Crippen LogP contribution in [0, 0.1) is 0 Å². The van der Waals surface area contributed by atoms with Gasteiger partial charge in [0.25, 0.3) is 0 Å². The lowest BCUT2D eigenvalue weighted by Crippen LogP contribution is -2.19. The molecule has 0 atom stereocenters. The smallest absolute Gasteiger partial charge is 0.0425 e. The molecule has 0 aromatic heterocycles. The van der Waals surface area contributed by atoms with E-state index in [9.17, 15) is 0 Å². The van der Waals surface area contributed by atoms with Gasteiger partial charge in [-0.3, -0.25) is 4.90 Å². The zero-order valence-corrected chi connectivity index (χ0v) is 8.64. The molecule has 0 bridgehead atoms. The van der Waals surface area contributed by atoms with Crippen molar-refractivity contribution in [3.63, 3.8) is 0 Å². The maximum atomic E-state index is 4.20. The number of hydrogen-bond acceptors (Lipinski definition) is 3. The molecule has 66 valence electrons. The van der Waals surface area contributed by atoms with E-state index in [-0.39, 0.29) is 0 Å². The largest absolute Gasteiger partial charge is 0.281 e. The third-order valence-electron chi connectivity index (χ3n) is 1.65. The van der Waals surface area contributed by atoms with Crippen molar-refractivity contribution in [3.05, 3.63) is 35.9 Å². The van der Waals surface area contributed by atoms with Crippen LogP contribution in [-0.2, 0) is 6.54 Å². The van der Waals surface area contributed by atoms with Crippen molar-refractivity contribution in [2.45, 2.75) is 6.54 Å². The first-order chi connectivity index (χ1) is 5.86. The highest BCUT2D eigenvalue weighted by atomic mass is 32.1. The van der Waals surface area contributed by atoms with Crippen LogP contribution in [0.3, 0.4) is 0 Å². The van der Waals surface area contributed by atoms with E-state index in [1.807, 2.05) is 18.2 Å². The summed E-state index contributed by atoms with van der Waals surface area (Å²) in [5, 5.41) is 0. The first kappa shape index (κ1) is 9.96. The minimum atomic E-state index is 0.748.